The Balaban J connectivity index is 2.92. The SMILES string of the molecule is CC(=O)Oc1c(Br)cc(-c2c(C(=O)O)c(N)[nH]c(=O)c2C(=O)O)cc1Br. The lowest BCUT2D eigenvalue weighted by molar-refractivity contribution is -0.132. The van der Waals surface area contributed by atoms with Crippen molar-refractivity contribution in [1.82, 2.24) is 4.98 Å². The monoisotopic (exact) mass is 488 g/mol. The van der Waals surface area contributed by atoms with Gasteiger partial charge in [-0.2, -0.15) is 0 Å². The molecule has 2 aromatic rings. The van der Waals surface area contributed by atoms with E-state index < -0.39 is 40.4 Å². The molecule has 0 radical (unpaired) electrons. The van der Waals surface area contributed by atoms with Gasteiger partial charge in [0, 0.05) is 12.5 Å². The quantitative estimate of drug-likeness (QED) is 0.376. The number of ether oxygens (including phenoxy) is 1. The maximum Gasteiger partial charge on any atom is 0.342 e. The van der Waals surface area contributed by atoms with Gasteiger partial charge >= 0.3 is 17.9 Å². The molecule has 2 rings (SSSR count). The van der Waals surface area contributed by atoms with Crippen molar-refractivity contribution in [2.45, 2.75) is 6.92 Å². The molecule has 0 amide bonds. The number of carboxylic acid groups (broad SMARTS) is 2. The molecule has 0 unspecified atom stereocenters. The highest BCUT2D eigenvalue weighted by atomic mass is 79.9. The summed E-state index contributed by atoms with van der Waals surface area (Å²) in [6.07, 6.45) is 0. The van der Waals surface area contributed by atoms with E-state index in [1.165, 1.54) is 19.1 Å². The van der Waals surface area contributed by atoms with Crippen LogP contribution >= 0.6 is 31.9 Å². The minimum atomic E-state index is -1.62. The number of carboxylic acids is 2. The topological polar surface area (TPSA) is 160 Å². The number of nitrogen functional groups attached to an aromatic ring is 1. The zero-order chi connectivity index (χ0) is 19.8. The predicted molar refractivity (Wildman–Crippen MR) is 97.5 cm³/mol. The van der Waals surface area contributed by atoms with Crippen LogP contribution in [0, 0.1) is 0 Å². The van der Waals surface area contributed by atoms with E-state index in [0.717, 1.165) is 0 Å². The summed E-state index contributed by atoms with van der Waals surface area (Å²) in [6, 6.07) is 2.63. The lowest BCUT2D eigenvalue weighted by Gasteiger charge is -2.14. The third-order valence-corrected chi connectivity index (χ3v) is 4.38. The average molecular weight is 490 g/mol. The van der Waals surface area contributed by atoms with Crippen LogP contribution in [0.15, 0.2) is 25.9 Å². The number of H-pyrrole nitrogens is 1. The van der Waals surface area contributed by atoms with E-state index in [-0.39, 0.29) is 25.8 Å². The lowest BCUT2D eigenvalue weighted by Crippen LogP contribution is -2.24. The number of rotatable bonds is 4. The number of carbonyl (C=O) groups excluding carboxylic acids is 1. The zero-order valence-corrected chi connectivity index (χ0v) is 16.1. The molecular weight excluding hydrogens is 480 g/mol. The number of benzene rings is 1. The molecule has 1 heterocycles. The second-order valence-corrected chi connectivity index (χ2v) is 6.67. The molecule has 0 aliphatic heterocycles. The van der Waals surface area contributed by atoms with Gasteiger partial charge in [0.1, 0.15) is 16.9 Å². The predicted octanol–water partition coefficient (Wildman–Crippen LogP) is 2.47. The van der Waals surface area contributed by atoms with Crippen LogP contribution in [0.25, 0.3) is 11.1 Å². The molecule has 0 aliphatic rings. The first-order valence-corrected chi connectivity index (χ1v) is 8.33. The summed E-state index contributed by atoms with van der Waals surface area (Å²) in [7, 11) is 0. The van der Waals surface area contributed by atoms with Gasteiger partial charge in [-0.25, -0.2) is 9.59 Å². The zero-order valence-electron chi connectivity index (χ0n) is 12.9. The first-order chi connectivity index (χ1) is 12.0. The van der Waals surface area contributed by atoms with E-state index in [4.69, 9.17) is 10.5 Å². The van der Waals surface area contributed by atoms with Crippen LogP contribution in [0.4, 0.5) is 5.82 Å². The summed E-state index contributed by atoms with van der Waals surface area (Å²) in [5.41, 5.74) is 2.87. The summed E-state index contributed by atoms with van der Waals surface area (Å²) in [6.45, 7) is 1.19. The summed E-state index contributed by atoms with van der Waals surface area (Å²) in [5.74, 6) is -4.13. The van der Waals surface area contributed by atoms with Gasteiger partial charge in [0.15, 0.2) is 5.75 Å². The highest BCUT2D eigenvalue weighted by molar-refractivity contribution is 9.11. The molecule has 11 heteroatoms. The van der Waals surface area contributed by atoms with Gasteiger partial charge in [-0.05, 0) is 49.6 Å². The summed E-state index contributed by atoms with van der Waals surface area (Å²) in [5, 5.41) is 18.8. The van der Waals surface area contributed by atoms with E-state index in [1.54, 1.807) is 0 Å². The van der Waals surface area contributed by atoms with Crippen molar-refractivity contribution in [3.05, 3.63) is 42.6 Å². The summed E-state index contributed by atoms with van der Waals surface area (Å²) >= 11 is 6.33. The fourth-order valence-electron chi connectivity index (χ4n) is 2.28. The normalized spacial score (nSPS) is 10.4. The molecule has 1 aromatic heterocycles. The van der Waals surface area contributed by atoms with Gasteiger partial charge in [-0.15, -0.1) is 0 Å². The molecule has 136 valence electrons. The number of nitrogens with two attached hydrogens (primary N) is 1. The Bertz CT molecular complexity index is 991. The van der Waals surface area contributed by atoms with Crippen molar-refractivity contribution < 1.29 is 29.3 Å². The van der Waals surface area contributed by atoms with Crippen molar-refractivity contribution in [2.24, 2.45) is 0 Å². The fraction of sp³-hybridized carbons (Fsp3) is 0.0667. The number of carbonyl (C=O) groups is 3. The van der Waals surface area contributed by atoms with Crippen LogP contribution < -0.4 is 16.0 Å². The van der Waals surface area contributed by atoms with Gasteiger partial charge in [0.05, 0.1) is 8.95 Å². The maximum atomic E-state index is 12.0. The molecule has 0 atom stereocenters. The summed E-state index contributed by atoms with van der Waals surface area (Å²) in [4.78, 5) is 48.3. The van der Waals surface area contributed by atoms with Crippen molar-refractivity contribution >= 4 is 55.6 Å². The van der Waals surface area contributed by atoms with Crippen LogP contribution in [0.2, 0.25) is 0 Å². The van der Waals surface area contributed by atoms with Crippen LogP contribution in [0.1, 0.15) is 27.6 Å². The number of halogens is 2. The first kappa shape index (κ1) is 19.7. The Morgan fingerprint density at radius 2 is 1.58 bits per heavy atom. The van der Waals surface area contributed by atoms with Gasteiger partial charge in [0.2, 0.25) is 0 Å². The van der Waals surface area contributed by atoms with E-state index in [2.05, 4.69) is 31.9 Å². The van der Waals surface area contributed by atoms with Crippen LogP contribution in [0.3, 0.4) is 0 Å². The molecule has 0 saturated carbocycles. The number of aromatic carboxylic acids is 2. The number of anilines is 1. The van der Waals surface area contributed by atoms with Gasteiger partial charge in [-0.1, -0.05) is 0 Å². The average Bonchev–Trinajstić information content (AvgIpc) is 2.48. The third kappa shape index (κ3) is 3.63. The summed E-state index contributed by atoms with van der Waals surface area (Å²) < 4.78 is 5.46. The Kier molecular flexibility index (Phi) is 5.52. The van der Waals surface area contributed by atoms with E-state index in [0.29, 0.717) is 0 Å². The first-order valence-electron chi connectivity index (χ1n) is 6.74. The Morgan fingerprint density at radius 3 is 2.00 bits per heavy atom. The number of hydrogen-bond acceptors (Lipinski definition) is 6. The Labute approximate surface area is 162 Å². The molecule has 0 spiro atoms. The molecule has 1 aromatic carbocycles. The Morgan fingerprint density at radius 1 is 1.08 bits per heavy atom. The second-order valence-electron chi connectivity index (χ2n) is 4.97. The van der Waals surface area contributed by atoms with Crippen LogP contribution in [-0.4, -0.2) is 33.1 Å². The van der Waals surface area contributed by atoms with Crippen LogP contribution in [0.5, 0.6) is 5.75 Å². The highest BCUT2D eigenvalue weighted by Gasteiger charge is 2.27. The second kappa shape index (κ2) is 7.30. The van der Waals surface area contributed by atoms with E-state index in [1.807, 2.05) is 4.98 Å². The van der Waals surface area contributed by atoms with Crippen molar-refractivity contribution in [3.63, 3.8) is 0 Å². The minimum absolute atomic E-state index is 0.0623. The molecule has 0 saturated heterocycles. The van der Waals surface area contributed by atoms with Gasteiger partial charge in [-0.3, -0.25) is 9.59 Å². The number of pyridine rings is 1. The molecule has 0 fully saturated rings. The standard InChI is InChI=1S/C15H10Br2N2O7/c1-4(20)26-11-6(16)2-5(3-7(11)17)8-9(14(22)23)12(18)19-13(21)10(8)15(24)25/h2-3H,1H3,(H,22,23)(H,24,25)(H3,18,19,21). The fourth-order valence-corrected chi connectivity index (χ4v) is 3.63. The molecule has 0 aliphatic carbocycles. The van der Waals surface area contributed by atoms with E-state index in [9.17, 15) is 29.4 Å². The van der Waals surface area contributed by atoms with Crippen LogP contribution in [-0.2, 0) is 4.79 Å². The Hall–Kier alpha value is -2.66. The molecule has 0 bridgehead atoms. The molecule has 26 heavy (non-hydrogen) atoms. The maximum absolute atomic E-state index is 12.0. The van der Waals surface area contributed by atoms with Crippen molar-refractivity contribution in [3.8, 4) is 16.9 Å². The highest BCUT2D eigenvalue weighted by Crippen LogP contribution is 2.40. The van der Waals surface area contributed by atoms with Crippen molar-refractivity contribution in [1.29, 1.82) is 0 Å². The number of aromatic nitrogens is 1. The van der Waals surface area contributed by atoms with Gasteiger partial charge in [0.25, 0.3) is 5.56 Å². The van der Waals surface area contributed by atoms with Gasteiger partial charge < -0.3 is 25.7 Å². The smallest absolute Gasteiger partial charge is 0.342 e. The van der Waals surface area contributed by atoms with E-state index >= 15 is 0 Å². The molecule has 5 N–H and O–H groups in total. The minimum Gasteiger partial charge on any atom is -0.478 e. The number of esters is 1. The number of nitrogens with one attached hydrogen (secondary N) is 1. The largest absolute Gasteiger partial charge is 0.478 e. The number of hydrogen-bond donors (Lipinski definition) is 4. The molecule has 9 nitrogen and oxygen atoms in total. The lowest BCUT2D eigenvalue weighted by atomic mass is 9.95. The molecular formula is C15H10Br2N2O7. The third-order valence-electron chi connectivity index (χ3n) is 3.21. The number of aromatic amines is 1. The van der Waals surface area contributed by atoms with Crippen molar-refractivity contribution in [2.75, 3.05) is 5.73 Å².